The molecule has 0 aliphatic carbocycles. The average molecular weight is 408 g/mol. The van der Waals surface area contributed by atoms with Crippen molar-refractivity contribution < 1.29 is 24.2 Å². The number of amides is 1. The van der Waals surface area contributed by atoms with Crippen molar-refractivity contribution in [3.05, 3.63) is 56.7 Å². The number of carbonyl (C=O) groups excluding carboxylic acids is 2. The van der Waals surface area contributed by atoms with Gasteiger partial charge in [-0.3, -0.25) is 9.59 Å². The van der Waals surface area contributed by atoms with E-state index in [1.54, 1.807) is 12.1 Å². The summed E-state index contributed by atoms with van der Waals surface area (Å²) in [5, 5.41) is 13.0. The second-order valence-corrected chi connectivity index (χ2v) is 7.24. The molecule has 3 rings (SSSR count). The first kappa shape index (κ1) is 19.4. The quantitative estimate of drug-likeness (QED) is 0.450. The molecule has 8 heteroatoms. The van der Waals surface area contributed by atoms with E-state index >= 15 is 0 Å². The zero-order chi connectivity index (χ0) is 19.6. The van der Waals surface area contributed by atoms with Crippen molar-refractivity contribution in [1.82, 2.24) is 4.90 Å². The number of carbonyl (C=O) groups is 2. The smallest absolute Gasteiger partial charge is 0.295 e. The molecule has 1 atom stereocenters. The fourth-order valence-electron chi connectivity index (χ4n) is 3.01. The zero-order valence-electron chi connectivity index (χ0n) is 14.8. The molecule has 0 radical (unpaired) electrons. The van der Waals surface area contributed by atoms with Gasteiger partial charge < -0.3 is 19.5 Å². The maximum absolute atomic E-state index is 12.7. The molecule has 1 unspecified atom stereocenters. The van der Waals surface area contributed by atoms with Gasteiger partial charge in [0.15, 0.2) is 0 Å². The molecule has 0 bridgehead atoms. The van der Waals surface area contributed by atoms with Crippen LogP contribution in [-0.4, -0.2) is 49.1 Å². The van der Waals surface area contributed by atoms with Crippen LogP contribution in [0.3, 0.4) is 0 Å². The van der Waals surface area contributed by atoms with Gasteiger partial charge in [-0.25, -0.2) is 0 Å². The zero-order valence-corrected chi connectivity index (χ0v) is 16.3. The average Bonchev–Trinajstić information content (AvgIpc) is 3.27. The first-order valence-corrected chi connectivity index (χ1v) is 9.40. The van der Waals surface area contributed by atoms with Gasteiger partial charge in [-0.05, 0) is 29.6 Å². The highest BCUT2D eigenvalue weighted by atomic mass is 35.5. The van der Waals surface area contributed by atoms with Crippen molar-refractivity contribution in [2.24, 2.45) is 0 Å². The van der Waals surface area contributed by atoms with Gasteiger partial charge in [0.1, 0.15) is 11.5 Å². The fraction of sp³-hybridized carbons (Fsp3) is 0.263. The lowest BCUT2D eigenvalue weighted by Crippen LogP contribution is -2.32. The summed E-state index contributed by atoms with van der Waals surface area (Å²) in [6.07, 6.45) is 0. The highest BCUT2D eigenvalue weighted by molar-refractivity contribution is 7.10. The number of hydrogen-bond donors (Lipinski definition) is 1. The number of ether oxygens (including phenoxy) is 2. The summed E-state index contributed by atoms with van der Waals surface area (Å²) < 4.78 is 10.2. The maximum Gasteiger partial charge on any atom is 0.295 e. The summed E-state index contributed by atoms with van der Waals surface area (Å²) in [4.78, 5) is 27.5. The second kappa shape index (κ2) is 8.12. The number of thiophene rings is 1. The minimum atomic E-state index is -0.728. The van der Waals surface area contributed by atoms with Gasteiger partial charge in [-0.2, -0.15) is 0 Å². The van der Waals surface area contributed by atoms with E-state index < -0.39 is 17.7 Å². The van der Waals surface area contributed by atoms with Crippen molar-refractivity contribution in [3.63, 3.8) is 0 Å². The fourth-order valence-corrected chi connectivity index (χ4v) is 4.12. The van der Waals surface area contributed by atoms with Crippen LogP contribution >= 0.6 is 22.9 Å². The van der Waals surface area contributed by atoms with Crippen LogP contribution in [0, 0.1) is 0 Å². The minimum Gasteiger partial charge on any atom is -0.507 e. The molecule has 1 aromatic heterocycles. The first-order chi connectivity index (χ1) is 13.0. The lowest BCUT2D eigenvalue weighted by atomic mass is 10.00. The number of hydrogen-bond acceptors (Lipinski definition) is 6. The Balaban J connectivity index is 2.12. The maximum atomic E-state index is 12.7. The minimum absolute atomic E-state index is 0.0415. The largest absolute Gasteiger partial charge is 0.507 e. The predicted molar refractivity (Wildman–Crippen MR) is 103 cm³/mol. The molecule has 27 heavy (non-hydrogen) atoms. The van der Waals surface area contributed by atoms with Gasteiger partial charge in [0, 0.05) is 24.1 Å². The molecular formula is C19H18ClNO5S. The number of aliphatic hydroxyl groups is 1. The molecule has 0 spiro atoms. The summed E-state index contributed by atoms with van der Waals surface area (Å²) in [5.41, 5.74) is 0.381. The van der Waals surface area contributed by atoms with E-state index in [0.717, 1.165) is 4.88 Å². The van der Waals surface area contributed by atoms with Gasteiger partial charge >= 0.3 is 0 Å². The molecular weight excluding hydrogens is 390 g/mol. The van der Waals surface area contributed by atoms with Crippen LogP contribution in [0.2, 0.25) is 5.02 Å². The topological polar surface area (TPSA) is 76.1 Å². The van der Waals surface area contributed by atoms with Crippen molar-refractivity contribution >= 4 is 40.4 Å². The summed E-state index contributed by atoms with van der Waals surface area (Å²) in [7, 11) is 3.01. The number of methoxy groups -OCH3 is 2. The van der Waals surface area contributed by atoms with E-state index in [2.05, 4.69) is 0 Å². The summed E-state index contributed by atoms with van der Waals surface area (Å²) in [5.74, 6) is -1.21. The predicted octanol–water partition coefficient (Wildman–Crippen LogP) is 3.48. The molecule has 2 heterocycles. The number of Topliss-reactive ketones (excluding diaryl/α,β-unsaturated/α-hetero) is 1. The highest BCUT2D eigenvalue weighted by Gasteiger charge is 2.46. The van der Waals surface area contributed by atoms with Gasteiger partial charge in [0.25, 0.3) is 11.7 Å². The Morgan fingerprint density at radius 1 is 1.30 bits per heavy atom. The third kappa shape index (κ3) is 3.58. The van der Waals surface area contributed by atoms with Gasteiger partial charge in [0.2, 0.25) is 0 Å². The molecule has 0 saturated carbocycles. The van der Waals surface area contributed by atoms with Crippen molar-refractivity contribution in [2.45, 2.75) is 6.04 Å². The highest BCUT2D eigenvalue weighted by Crippen LogP contribution is 2.41. The van der Waals surface area contributed by atoms with Crippen LogP contribution in [-0.2, 0) is 14.3 Å². The van der Waals surface area contributed by atoms with Crippen LogP contribution < -0.4 is 4.74 Å². The number of likely N-dealkylation sites (tertiary alicyclic amines) is 1. The van der Waals surface area contributed by atoms with Crippen molar-refractivity contribution in [3.8, 4) is 5.75 Å². The SMILES string of the molecule is COCCN1C(=O)C(=O)/C(=C(\O)c2ccc(OC)c(Cl)c2)C1c1cccs1. The van der Waals surface area contributed by atoms with E-state index in [4.69, 9.17) is 21.1 Å². The normalized spacial score (nSPS) is 18.9. The molecule has 6 nitrogen and oxygen atoms in total. The van der Waals surface area contributed by atoms with E-state index in [0.29, 0.717) is 16.3 Å². The van der Waals surface area contributed by atoms with Crippen LogP contribution in [0.5, 0.6) is 5.75 Å². The summed E-state index contributed by atoms with van der Waals surface area (Å²) in [6.45, 7) is 0.521. The van der Waals surface area contributed by atoms with E-state index in [1.165, 1.54) is 36.5 Å². The summed E-state index contributed by atoms with van der Waals surface area (Å²) >= 11 is 7.55. The Morgan fingerprint density at radius 3 is 2.67 bits per heavy atom. The molecule has 1 N–H and O–H groups in total. The standard InChI is InChI=1S/C19H18ClNO5S/c1-25-8-7-21-16(14-4-3-9-27-14)15(18(23)19(21)24)17(22)11-5-6-13(26-2)12(20)10-11/h3-6,9-10,16,22H,7-8H2,1-2H3/b17-15-. The molecule has 1 fully saturated rings. The molecule has 1 aliphatic rings. The number of aliphatic hydroxyl groups excluding tert-OH is 1. The van der Waals surface area contributed by atoms with E-state index in [-0.39, 0.29) is 24.5 Å². The first-order valence-electron chi connectivity index (χ1n) is 8.14. The monoisotopic (exact) mass is 407 g/mol. The Bertz CT molecular complexity index is 894. The number of benzene rings is 1. The number of halogens is 1. The third-order valence-corrected chi connectivity index (χ3v) is 5.53. The van der Waals surface area contributed by atoms with Gasteiger partial charge in [-0.1, -0.05) is 17.7 Å². The Hall–Kier alpha value is -2.35. The number of nitrogens with zero attached hydrogens (tertiary/aromatic N) is 1. The second-order valence-electron chi connectivity index (χ2n) is 5.85. The van der Waals surface area contributed by atoms with Gasteiger partial charge in [-0.15, -0.1) is 11.3 Å². The lowest BCUT2D eigenvalue weighted by Gasteiger charge is -2.23. The third-order valence-electron chi connectivity index (χ3n) is 4.31. The van der Waals surface area contributed by atoms with Crippen LogP contribution in [0.25, 0.3) is 5.76 Å². The molecule has 1 amide bonds. The van der Waals surface area contributed by atoms with Gasteiger partial charge in [0.05, 0.1) is 30.4 Å². The molecule has 1 aromatic carbocycles. The molecule has 2 aromatic rings. The molecule has 1 aliphatic heterocycles. The number of rotatable bonds is 6. The van der Waals surface area contributed by atoms with E-state index in [1.807, 2.05) is 17.5 Å². The molecule has 142 valence electrons. The number of ketones is 1. The Labute approximate surface area is 165 Å². The van der Waals surface area contributed by atoms with Crippen molar-refractivity contribution in [2.75, 3.05) is 27.4 Å². The Kier molecular flexibility index (Phi) is 5.84. The van der Waals surface area contributed by atoms with E-state index in [9.17, 15) is 14.7 Å². The van der Waals surface area contributed by atoms with Crippen LogP contribution in [0.15, 0.2) is 41.3 Å². The van der Waals surface area contributed by atoms with Crippen molar-refractivity contribution in [1.29, 1.82) is 0 Å². The Morgan fingerprint density at radius 2 is 2.07 bits per heavy atom. The summed E-state index contributed by atoms with van der Waals surface area (Å²) in [6, 6.07) is 7.69. The lowest BCUT2D eigenvalue weighted by molar-refractivity contribution is -0.140. The van der Waals surface area contributed by atoms with Crippen LogP contribution in [0.1, 0.15) is 16.5 Å². The van der Waals surface area contributed by atoms with Crippen LogP contribution in [0.4, 0.5) is 0 Å². The molecule has 1 saturated heterocycles.